The van der Waals surface area contributed by atoms with Gasteiger partial charge >= 0.3 is 0 Å². The second-order valence-electron chi connectivity index (χ2n) is 4.42. The second kappa shape index (κ2) is 3.88. The largest absolute Gasteiger partial charge is 0.347 e. The lowest BCUT2D eigenvalue weighted by molar-refractivity contribution is -0.169. The Kier molecular flexibility index (Phi) is 2.76. The Morgan fingerprint density at radius 3 is 2.71 bits per heavy atom. The summed E-state index contributed by atoms with van der Waals surface area (Å²) in [6.45, 7) is 3.53. The van der Waals surface area contributed by atoms with E-state index in [1.165, 1.54) is 0 Å². The van der Waals surface area contributed by atoms with Gasteiger partial charge in [0, 0.05) is 12.8 Å². The summed E-state index contributed by atoms with van der Waals surface area (Å²) in [6.07, 6.45) is 3.94. The lowest BCUT2D eigenvalue weighted by Gasteiger charge is -2.27. The molecular weight excluding hydrogens is 178 g/mol. The smallest absolute Gasteiger partial charge is 0.169 e. The van der Waals surface area contributed by atoms with Crippen LogP contribution in [0.15, 0.2) is 0 Å². The molecule has 0 radical (unpaired) electrons. The average Bonchev–Trinajstić information content (AvgIpc) is 2.56. The van der Waals surface area contributed by atoms with E-state index in [9.17, 15) is 0 Å². The molecule has 0 bridgehead atoms. The predicted octanol–water partition coefficient (Wildman–Crippen LogP) is 2.08. The highest BCUT2D eigenvalue weighted by molar-refractivity contribution is 4.94. The Labute approximate surface area is 85.0 Å². The fraction of sp³-hybridized carbons (Fsp3) is 0.909. The molecule has 0 aromatic carbocycles. The molecule has 1 aliphatic heterocycles. The molecule has 2 fully saturated rings. The van der Waals surface area contributed by atoms with Gasteiger partial charge < -0.3 is 9.47 Å². The van der Waals surface area contributed by atoms with Gasteiger partial charge in [0.25, 0.3) is 0 Å². The third-order valence-electron chi connectivity index (χ3n) is 3.41. The first kappa shape index (κ1) is 9.95. The molecule has 3 heteroatoms. The summed E-state index contributed by atoms with van der Waals surface area (Å²) in [6, 6.07) is 2.38. The van der Waals surface area contributed by atoms with Crippen LogP contribution < -0.4 is 0 Å². The van der Waals surface area contributed by atoms with E-state index >= 15 is 0 Å². The lowest BCUT2D eigenvalue weighted by atomic mass is 9.90. The maximum absolute atomic E-state index is 9.07. The van der Waals surface area contributed by atoms with Crippen molar-refractivity contribution in [2.24, 2.45) is 11.8 Å². The Morgan fingerprint density at radius 2 is 2.07 bits per heavy atom. The minimum absolute atomic E-state index is 0.0931. The van der Waals surface area contributed by atoms with Crippen LogP contribution in [-0.4, -0.2) is 19.0 Å². The van der Waals surface area contributed by atoms with Crippen molar-refractivity contribution < 1.29 is 9.47 Å². The van der Waals surface area contributed by atoms with E-state index in [-0.39, 0.29) is 5.92 Å². The van der Waals surface area contributed by atoms with Crippen molar-refractivity contribution in [3.8, 4) is 6.07 Å². The Bertz CT molecular complexity index is 240. The quantitative estimate of drug-likeness (QED) is 0.594. The third kappa shape index (κ3) is 1.77. The first-order valence-electron chi connectivity index (χ1n) is 5.43. The number of ether oxygens (including phenoxy) is 2. The van der Waals surface area contributed by atoms with Crippen molar-refractivity contribution in [1.29, 1.82) is 5.26 Å². The van der Waals surface area contributed by atoms with Crippen molar-refractivity contribution >= 4 is 0 Å². The third-order valence-corrected chi connectivity index (χ3v) is 3.41. The van der Waals surface area contributed by atoms with Crippen molar-refractivity contribution in [1.82, 2.24) is 0 Å². The zero-order valence-corrected chi connectivity index (χ0v) is 8.66. The van der Waals surface area contributed by atoms with Crippen molar-refractivity contribution in [2.75, 3.05) is 13.2 Å². The standard InChI is InChI=1S/C11H17NO2/c1-9-3-2-4-11(7-10(9)8-12)13-5-6-14-11/h9-10H,2-7H2,1H3. The molecule has 0 N–H and O–H groups in total. The molecule has 3 nitrogen and oxygen atoms in total. The zero-order valence-electron chi connectivity index (χ0n) is 8.66. The number of hydrogen-bond acceptors (Lipinski definition) is 3. The monoisotopic (exact) mass is 195 g/mol. The van der Waals surface area contributed by atoms with Crippen LogP contribution in [0.25, 0.3) is 0 Å². The summed E-state index contributed by atoms with van der Waals surface area (Å²) >= 11 is 0. The maximum atomic E-state index is 9.07. The molecule has 0 aromatic rings. The van der Waals surface area contributed by atoms with E-state index in [2.05, 4.69) is 13.0 Å². The molecule has 1 spiro atoms. The van der Waals surface area contributed by atoms with Gasteiger partial charge in [-0.15, -0.1) is 0 Å². The van der Waals surface area contributed by atoms with E-state index < -0.39 is 5.79 Å². The van der Waals surface area contributed by atoms with Crippen molar-refractivity contribution in [2.45, 2.75) is 38.4 Å². The van der Waals surface area contributed by atoms with Crippen LogP contribution in [0.2, 0.25) is 0 Å². The molecule has 1 saturated heterocycles. The van der Waals surface area contributed by atoms with Crippen LogP contribution in [-0.2, 0) is 9.47 Å². The zero-order chi connectivity index (χ0) is 10.0. The Balaban J connectivity index is 2.10. The number of nitriles is 1. The highest BCUT2D eigenvalue weighted by Gasteiger charge is 2.41. The van der Waals surface area contributed by atoms with Crippen LogP contribution in [0, 0.1) is 23.2 Å². The van der Waals surface area contributed by atoms with Crippen molar-refractivity contribution in [3.05, 3.63) is 0 Å². The van der Waals surface area contributed by atoms with E-state index in [0.717, 1.165) is 25.7 Å². The first-order valence-corrected chi connectivity index (χ1v) is 5.43. The lowest BCUT2D eigenvalue weighted by Crippen LogP contribution is -2.31. The number of hydrogen-bond donors (Lipinski definition) is 0. The first-order chi connectivity index (χ1) is 6.76. The van der Waals surface area contributed by atoms with Crippen LogP contribution >= 0.6 is 0 Å². The van der Waals surface area contributed by atoms with Gasteiger partial charge in [0.2, 0.25) is 0 Å². The molecule has 2 atom stereocenters. The van der Waals surface area contributed by atoms with Gasteiger partial charge in [-0.25, -0.2) is 0 Å². The molecule has 78 valence electrons. The van der Waals surface area contributed by atoms with Gasteiger partial charge in [-0.2, -0.15) is 5.26 Å². The van der Waals surface area contributed by atoms with E-state index in [4.69, 9.17) is 14.7 Å². The number of nitrogens with zero attached hydrogens (tertiary/aromatic N) is 1. The van der Waals surface area contributed by atoms with Gasteiger partial charge in [0.1, 0.15) is 0 Å². The Morgan fingerprint density at radius 1 is 1.36 bits per heavy atom. The predicted molar refractivity (Wildman–Crippen MR) is 51.4 cm³/mol. The topological polar surface area (TPSA) is 42.2 Å². The molecule has 2 aliphatic rings. The fourth-order valence-corrected chi connectivity index (χ4v) is 2.46. The van der Waals surface area contributed by atoms with E-state index in [1.807, 2.05) is 0 Å². The minimum Gasteiger partial charge on any atom is -0.347 e. The molecule has 0 aromatic heterocycles. The summed E-state index contributed by atoms with van der Waals surface area (Å²) < 4.78 is 11.3. The van der Waals surface area contributed by atoms with Crippen LogP contribution in [0.1, 0.15) is 32.6 Å². The molecule has 1 heterocycles. The van der Waals surface area contributed by atoms with Crippen LogP contribution in [0.3, 0.4) is 0 Å². The molecule has 14 heavy (non-hydrogen) atoms. The summed E-state index contributed by atoms with van der Waals surface area (Å²) in [7, 11) is 0. The van der Waals surface area contributed by atoms with Crippen molar-refractivity contribution in [3.63, 3.8) is 0 Å². The molecule has 2 rings (SSSR count). The van der Waals surface area contributed by atoms with Gasteiger partial charge in [-0.1, -0.05) is 6.92 Å². The molecular formula is C11H17NO2. The maximum Gasteiger partial charge on any atom is 0.169 e. The Hall–Kier alpha value is -0.590. The summed E-state index contributed by atoms with van der Waals surface area (Å²) in [5.41, 5.74) is 0. The molecule has 2 unspecified atom stereocenters. The summed E-state index contributed by atoms with van der Waals surface area (Å²) in [5.74, 6) is 0.160. The molecule has 0 amide bonds. The van der Waals surface area contributed by atoms with Gasteiger partial charge in [-0.3, -0.25) is 0 Å². The molecule has 1 saturated carbocycles. The summed E-state index contributed by atoms with van der Waals surface area (Å²) in [4.78, 5) is 0. The van der Waals surface area contributed by atoms with Crippen LogP contribution in [0.4, 0.5) is 0 Å². The fourth-order valence-electron chi connectivity index (χ4n) is 2.46. The minimum atomic E-state index is -0.412. The normalized spacial score (nSPS) is 36.6. The van der Waals surface area contributed by atoms with Gasteiger partial charge in [0.15, 0.2) is 5.79 Å². The van der Waals surface area contributed by atoms with Gasteiger partial charge in [0.05, 0.1) is 25.2 Å². The van der Waals surface area contributed by atoms with Gasteiger partial charge in [-0.05, 0) is 18.8 Å². The highest BCUT2D eigenvalue weighted by Crippen LogP contribution is 2.39. The average molecular weight is 195 g/mol. The highest BCUT2D eigenvalue weighted by atomic mass is 16.7. The van der Waals surface area contributed by atoms with Crippen LogP contribution in [0.5, 0.6) is 0 Å². The second-order valence-corrected chi connectivity index (χ2v) is 4.42. The number of rotatable bonds is 0. The SMILES string of the molecule is CC1CCCC2(CC1C#N)OCCO2. The molecule has 1 aliphatic carbocycles. The van der Waals surface area contributed by atoms with E-state index in [1.54, 1.807) is 0 Å². The summed E-state index contributed by atoms with van der Waals surface area (Å²) in [5, 5.41) is 9.07. The van der Waals surface area contributed by atoms with E-state index in [0.29, 0.717) is 19.1 Å².